The summed E-state index contributed by atoms with van der Waals surface area (Å²) in [5.74, 6) is -3.68. The number of carbonyl (C=O) groups is 3. The van der Waals surface area contributed by atoms with E-state index in [0.717, 1.165) is 25.3 Å². The minimum absolute atomic E-state index is 0.0113. The molecule has 0 aliphatic heterocycles. The molecule has 206 valence electrons. The normalized spacial score (nSPS) is 11.7. The molecule has 0 aliphatic carbocycles. The van der Waals surface area contributed by atoms with E-state index in [1.165, 1.54) is 41.6 Å². The Morgan fingerprint density at radius 3 is 2.38 bits per heavy atom. The number of hydrogen-bond donors (Lipinski definition) is 0. The average Bonchev–Trinajstić information content (AvgIpc) is 3.28. The van der Waals surface area contributed by atoms with Crippen LogP contribution in [0.25, 0.3) is 22.2 Å². The number of hydrogen-bond acceptors (Lipinski definition) is 5. The van der Waals surface area contributed by atoms with Gasteiger partial charge in [0.2, 0.25) is 0 Å². The molecule has 8 nitrogen and oxygen atoms in total. The highest BCUT2D eigenvalue weighted by Gasteiger charge is 2.37. The molecule has 0 radical (unpaired) electrons. The van der Waals surface area contributed by atoms with E-state index in [-0.39, 0.29) is 33.3 Å². The Morgan fingerprint density at radius 2 is 1.75 bits per heavy atom. The molecule has 40 heavy (non-hydrogen) atoms. The number of amides is 1. The van der Waals surface area contributed by atoms with Crippen molar-refractivity contribution >= 4 is 46.6 Å². The molecule has 0 unspecified atom stereocenters. The molecule has 0 spiro atoms. The second kappa shape index (κ2) is 10.9. The third-order valence-corrected chi connectivity index (χ3v) is 6.02. The highest BCUT2D eigenvalue weighted by Crippen LogP contribution is 2.37. The lowest BCUT2D eigenvalue weighted by Crippen LogP contribution is -2.20. The Labute approximate surface area is 229 Å². The monoisotopic (exact) mass is 574 g/mol. The number of methoxy groups -OCH3 is 1. The van der Waals surface area contributed by atoms with Gasteiger partial charge in [0.05, 0.1) is 40.7 Å². The molecule has 13 heteroatoms. The van der Waals surface area contributed by atoms with Crippen molar-refractivity contribution in [3.63, 3.8) is 0 Å². The van der Waals surface area contributed by atoms with Gasteiger partial charge < -0.3 is 9.64 Å². The molecule has 1 amide bonds. The van der Waals surface area contributed by atoms with Crippen molar-refractivity contribution in [3.05, 3.63) is 87.7 Å². The lowest BCUT2D eigenvalue weighted by molar-refractivity contribution is -0.137. The quantitative estimate of drug-likeness (QED) is 0.131. The van der Waals surface area contributed by atoms with Gasteiger partial charge in [-0.05, 0) is 48.5 Å². The smallest absolute Gasteiger partial charge is 0.417 e. The van der Waals surface area contributed by atoms with E-state index in [0.29, 0.717) is 10.7 Å². The Bertz CT molecular complexity index is 1700. The van der Waals surface area contributed by atoms with Crippen LogP contribution in [0, 0.1) is 5.82 Å². The van der Waals surface area contributed by atoms with Gasteiger partial charge in [-0.3, -0.25) is 9.59 Å². The van der Waals surface area contributed by atoms with Crippen molar-refractivity contribution in [2.75, 3.05) is 21.2 Å². The predicted octanol–water partition coefficient (Wildman–Crippen LogP) is 5.72. The largest absolute Gasteiger partial charge is 0.465 e. The summed E-state index contributed by atoms with van der Waals surface area (Å²) in [6.07, 6.45) is -3.68. The first-order chi connectivity index (χ1) is 18.8. The number of benzene rings is 3. The number of carbonyl (C=O) groups excluding carboxylic acids is 3. The number of aliphatic imine (C=N–C) groups is 1. The first-order valence-electron chi connectivity index (χ1n) is 11.4. The van der Waals surface area contributed by atoms with Gasteiger partial charge in [0.25, 0.3) is 11.8 Å². The van der Waals surface area contributed by atoms with Crippen LogP contribution in [0.4, 0.5) is 17.6 Å². The van der Waals surface area contributed by atoms with Crippen molar-refractivity contribution in [2.24, 2.45) is 4.99 Å². The van der Waals surface area contributed by atoms with Crippen LogP contribution in [0.5, 0.6) is 0 Å². The van der Waals surface area contributed by atoms with Gasteiger partial charge in [0.1, 0.15) is 11.5 Å². The Hall–Kier alpha value is -4.58. The molecule has 0 fully saturated rings. The molecule has 0 N–H and O–H groups in total. The molecular weight excluding hydrogens is 556 g/mol. The SMILES string of the molecule is COC(=O)c1ccc(-c2nn(C(=O)c3c(Cl)cccc3C(F)(F)F)c3cc(C(=O)/N=C/N(C)C)ccc23)c(F)c1. The van der Waals surface area contributed by atoms with E-state index < -0.39 is 45.9 Å². The van der Waals surface area contributed by atoms with Gasteiger partial charge in [-0.25, -0.2) is 9.18 Å². The van der Waals surface area contributed by atoms with Gasteiger partial charge in [0.15, 0.2) is 0 Å². The molecule has 0 bridgehead atoms. The summed E-state index contributed by atoms with van der Waals surface area (Å²) in [7, 11) is 4.41. The van der Waals surface area contributed by atoms with Crippen LogP contribution in [0.3, 0.4) is 0 Å². The molecular formula is C27H19ClF4N4O4. The summed E-state index contributed by atoms with van der Waals surface area (Å²) in [4.78, 5) is 43.3. The zero-order valence-corrected chi connectivity index (χ0v) is 21.8. The van der Waals surface area contributed by atoms with Crippen LogP contribution in [0.2, 0.25) is 5.02 Å². The van der Waals surface area contributed by atoms with Crippen LogP contribution >= 0.6 is 11.6 Å². The Morgan fingerprint density at radius 1 is 1.05 bits per heavy atom. The summed E-state index contributed by atoms with van der Waals surface area (Å²) >= 11 is 6.05. The maximum absolute atomic E-state index is 15.2. The van der Waals surface area contributed by atoms with E-state index in [9.17, 15) is 27.6 Å². The van der Waals surface area contributed by atoms with E-state index in [1.54, 1.807) is 14.1 Å². The minimum Gasteiger partial charge on any atom is -0.465 e. The van der Waals surface area contributed by atoms with Gasteiger partial charge in [-0.1, -0.05) is 17.7 Å². The number of ether oxygens (including phenoxy) is 1. The summed E-state index contributed by atoms with van der Waals surface area (Å²) in [5.41, 5.74) is -2.68. The van der Waals surface area contributed by atoms with Crippen LogP contribution in [0.15, 0.2) is 59.6 Å². The van der Waals surface area contributed by atoms with Crippen LogP contribution in [0.1, 0.15) is 36.6 Å². The third-order valence-electron chi connectivity index (χ3n) is 5.70. The fourth-order valence-corrected chi connectivity index (χ4v) is 4.14. The number of rotatable bonds is 5. The maximum Gasteiger partial charge on any atom is 0.417 e. The molecule has 0 saturated carbocycles. The van der Waals surface area contributed by atoms with E-state index >= 15 is 4.39 Å². The number of nitrogens with zero attached hydrogens (tertiary/aromatic N) is 4. The molecule has 3 aromatic carbocycles. The summed E-state index contributed by atoms with van der Waals surface area (Å²) in [6, 6.07) is 10.2. The number of fused-ring (bicyclic) bond motifs is 1. The molecule has 1 heterocycles. The molecule has 0 aliphatic rings. The average molecular weight is 575 g/mol. The second-order valence-corrected chi connectivity index (χ2v) is 9.06. The van der Waals surface area contributed by atoms with Crippen LogP contribution in [-0.2, 0) is 10.9 Å². The van der Waals surface area contributed by atoms with Crippen molar-refractivity contribution < 1.29 is 36.7 Å². The summed E-state index contributed by atoms with van der Waals surface area (Å²) in [6.45, 7) is 0. The fourth-order valence-electron chi connectivity index (χ4n) is 3.88. The third kappa shape index (κ3) is 5.43. The van der Waals surface area contributed by atoms with Gasteiger partial charge in [-0.15, -0.1) is 0 Å². The zero-order valence-electron chi connectivity index (χ0n) is 21.1. The zero-order chi connectivity index (χ0) is 29.4. The predicted molar refractivity (Wildman–Crippen MR) is 139 cm³/mol. The fraction of sp³-hybridized carbons (Fsp3) is 0.148. The van der Waals surface area contributed by atoms with Crippen molar-refractivity contribution in [1.29, 1.82) is 0 Å². The van der Waals surface area contributed by atoms with Crippen molar-refractivity contribution in [3.8, 4) is 11.3 Å². The van der Waals surface area contributed by atoms with Gasteiger partial charge in [0, 0.05) is 30.6 Å². The second-order valence-electron chi connectivity index (χ2n) is 8.66. The molecule has 1 aromatic heterocycles. The number of aromatic nitrogens is 2. The maximum atomic E-state index is 15.2. The first kappa shape index (κ1) is 28.4. The molecule has 4 aromatic rings. The van der Waals surface area contributed by atoms with Crippen LogP contribution < -0.4 is 0 Å². The van der Waals surface area contributed by atoms with Gasteiger partial charge in [-0.2, -0.15) is 27.9 Å². The summed E-state index contributed by atoms with van der Waals surface area (Å²) < 4.78 is 61.8. The minimum atomic E-state index is -4.93. The van der Waals surface area contributed by atoms with Crippen molar-refractivity contribution in [2.45, 2.75) is 6.18 Å². The van der Waals surface area contributed by atoms with E-state index in [1.807, 2.05) is 0 Å². The number of halogens is 5. The first-order valence-corrected chi connectivity index (χ1v) is 11.8. The lowest BCUT2D eigenvalue weighted by atomic mass is 10.0. The Balaban J connectivity index is 1.98. The lowest BCUT2D eigenvalue weighted by Gasteiger charge is -2.13. The highest BCUT2D eigenvalue weighted by atomic mass is 35.5. The molecule has 4 rings (SSSR count). The number of esters is 1. The number of alkyl halides is 3. The molecule has 0 atom stereocenters. The van der Waals surface area contributed by atoms with E-state index in [4.69, 9.17) is 11.6 Å². The van der Waals surface area contributed by atoms with E-state index in [2.05, 4.69) is 14.8 Å². The standard InChI is InChI=1S/C27H19ClF4N4O4/c1-35(2)13-33-24(37)14-7-10-17-21(12-14)36(25(38)22-18(27(30,31)32)5-4-6-19(22)28)34-23(17)16-9-8-15(11-20(16)29)26(39)40-3/h4-13H,1-3H3/b33-13+. The van der Waals surface area contributed by atoms with Crippen molar-refractivity contribution in [1.82, 2.24) is 14.7 Å². The Kier molecular flexibility index (Phi) is 7.74. The summed E-state index contributed by atoms with van der Waals surface area (Å²) in [5, 5.41) is 3.80. The topological polar surface area (TPSA) is 93.9 Å². The van der Waals surface area contributed by atoms with Gasteiger partial charge >= 0.3 is 12.1 Å². The highest BCUT2D eigenvalue weighted by molar-refractivity contribution is 6.34. The van der Waals surface area contributed by atoms with Crippen LogP contribution in [-0.4, -0.2) is 60.0 Å². The molecule has 0 saturated heterocycles.